The van der Waals surface area contributed by atoms with E-state index in [2.05, 4.69) is 15.5 Å². The van der Waals surface area contributed by atoms with Gasteiger partial charge in [0.2, 0.25) is 11.8 Å². The molecule has 6 nitrogen and oxygen atoms in total. The molecule has 0 aliphatic carbocycles. The summed E-state index contributed by atoms with van der Waals surface area (Å²) in [5.74, 6) is 0.751. The monoisotopic (exact) mass is 330 g/mol. The first kappa shape index (κ1) is 15.3. The van der Waals surface area contributed by atoms with Crippen LogP contribution in [0.15, 0.2) is 47.0 Å². The number of halogens is 1. The van der Waals surface area contributed by atoms with Crippen LogP contribution >= 0.6 is 11.6 Å². The molecule has 0 unspecified atom stereocenters. The Balaban J connectivity index is 1.65. The molecule has 0 saturated carbocycles. The molecule has 3 aromatic rings. The lowest BCUT2D eigenvalue weighted by atomic mass is 10.2. The highest BCUT2D eigenvalue weighted by molar-refractivity contribution is 6.31. The van der Waals surface area contributed by atoms with E-state index in [-0.39, 0.29) is 12.5 Å². The van der Waals surface area contributed by atoms with Gasteiger partial charge in [0.1, 0.15) is 12.2 Å². The first-order valence-corrected chi connectivity index (χ1v) is 7.47. The Hall–Kier alpha value is -2.60. The average molecular weight is 331 g/mol. The molecule has 1 aromatic carbocycles. The van der Waals surface area contributed by atoms with E-state index in [0.29, 0.717) is 29.0 Å². The lowest BCUT2D eigenvalue weighted by Gasteiger charge is -2.09. The molecule has 0 radical (unpaired) electrons. The topological polar surface area (TPSA) is 73.0 Å². The fourth-order valence-electron chi connectivity index (χ4n) is 2.19. The SMILES string of the molecule is Cc1nnc(-c2cccn2CC(=O)NCc2ccccc2Cl)o1. The molecule has 2 aromatic heterocycles. The van der Waals surface area contributed by atoms with Crippen molar-refractivity contribution in [2.75, 3.05) is 0 Å². The summed E-state index contributed by atoms with van der Waals surface area (Å²) >= 11 is 6.07. The Labute approximate surface area is 138 Å². The number of rotatable bonds is 5. The largest absolute Gasteiger partial charge is 0.420 e. The van der Waals surface area contributed by atoms with Crippen molar-refractivity contribution in [3.05, 3.63) is 59.1 Å². The summed E-state index contributed by atoms with van der Waals surface area (Å²) in [6.07, 6.45) is 1.80. The third-order valence-electron chi connectivity index (χ3n) is 3.32. The molecule has 1 amide bonds. The molecule has 1 N–H and O–H groups in total. The van der Waals surface area contributed by atoms with Gasteiger partial charge in [0.15, 0.2) is 0 Å². The lowest BCUT2D eigenvalue weighted by Crippen LogP contribution is -2.27. The van der Waals surface area contributed by atoms with Crippen LogP contribution < -0.4 is 5.32 Å². The number of hydrogen-bond donors (Lipinski definition) is 1. The highest BCUT2D eigenvalue weighted by Gasteiger charge is 2.13. The van der Waals surface area contributed by atoms with Crippen LogP contribution in [0, 0.1) is 6.92 Å². The molecular formula is C16H15ClN4O2. The second kappa shape index (κ2) is 6.66. The van der Waals surface area contributed by atoms with Gasteiger partial charge in [0.05, 0.1) is 0 Å². The maximum Gasteiger partial charge on any atom is 0.264 e. The molecule has 0 spiro atoms. The number of carbonyl (C=O) groups excluding carboxylic acids is 1. The summed E-state index contributed by atoms with van der Waals surface area (Å²) < 4.78 is 7.16. The summed E-state index contributed by atoms with van der Waals surface area (Å²) in [4.78, 5) is 12.1. The summed E-state index contributed by atoms with van der Waals surface area (Å²) in [6.45, 7) is 2.27. The fraction of sp³-hybridized carbons (Fsp3) is 0.188. The number of amides is 1. The van der Waals surface area contributed by atoms with Gasteiger partial charge in [-0.15, -0.1) is 10.2 Å². The minimum atomic E-state index is -0.126. The number of aryl methyl sites for hydroxylation is 1. The predicted octanol–water partition coefficient (Wildman–Crippen LogP) is 2.82. The summed E-state index contributed by atoms with van der Waals surface area (Å²) in [7, 11) is 0. The minimum absolute atomic E-state index is 0.126. The zero-order chi connectivity index (χ0) is 16.2. The van der Waals surface area contributed by atoms with Gasteiger partial charge < -0.3 is 14.3 Å². The van der Waals surface area contributed by atoms with E-state index in [1.54, 1.807) is 23.8 Å². The van der Waals surface area contributed by atoms with E-state index in [9.17, 15) is 4.79 Å². The normalized spacial score (nSPS) is 10.7. The predicted molar refractivity (Wildman–Crippen MR) is 85.8 cm³/mol. The van der Waals surface area contributed by atoms with Gasteiger partial charge in [0.25, 0.3) is 5.89 Å². The maximum absolute atomic E-state index is 12.1. The number of aromatic nitrogens is 3. The highest BCUT2D eigenvalue weighted by atomic mass is 35.5. The van der Waals surface area contributed by atoms with Gasteiger partial charge in [-0.25, -0.2) is 0 Å². The van der Waals surface area contributed by atoms with Gasteiger partial charge in [-0.1, -0.05) is 29.8 Å². The Morgan fingerprint density at radius 2 is 2.09 bits per heavy atom. The molecule has 0 saturated heterocycles. The number of benzene rings is 1. The molecule has 3 rings (SSSR count). The minimum Gasteiger partial charge on any atom is -0.420 e. The number of nitrogens with zero attached hydrogens (tertiary/aromatic N) is 3. The van der Waals surface area contributed by atoms with E-state index in [0.717, 1.165) is 5.56 Å². The molecule has 118 valence electrons. The third-order valence-corrected chi connectivity index (χ3v) is 3.69. The fourth-order valence-corrected chi connectivity index (χ4v) is 2.39. The van der Waals surface area contributed by atoms with Gasteiger partial charge in [-0.3, -0.25) is 4.79 Å². The van der Waals surface area contributed by atoms with Crippen LogP contribution in [0.3, 0.4) is 0 Å². The smallest absolute Gasteiger partial charge is 0.264 e. The van der Waals surface area contributed by atoms with Crippen molar-refractivity contribution >= 4 is 17.5 Å². The van der Waals surface area contributed by atoms with Crippen LogP contribution in [0.5, 0.6) is 0 Å². The quantitative estimate of drug-likeness (QED) is 0.780. The standard InChI is InChI=1S/C16H15ClN4O2/c1-11-19-20-16(23-11)14-7-4-8-21(14)10-15(22)18-9-12-5-2-3-6-13(12)17/h2-8H,9-10H2,1H3,(H,18,22). The second-order valence-electron chi connectivity index (χ2n) is 5.02. The summed E-state index contributed by atoms with van der Waals surface area (Å²) in [5.41, 5.74) is 1.58. The van der Waals surface area contributed by atoms with E-state index in [4.69, 9.17) is 16.0 Å². The number of hydrogen-bond acceptors (Lipinski definition) is 4. The zero-order valence-electron chi connectivity index (χ0n) is 12.5. The van der Waals surface area contributed by atoms with Crippen molar-refractivity contribution in [3.63, 3.8) is 0 Å². The molecule has 0 atom stereocenters. The summed E-state index contributed by atoms with van der Waals surface area (Å²) in [5, 5.41) is 11.3. The van der Waals surface area contributed by atoms with E-state index in [1.165, 1.54) is 0 Å². The van der Waals surface area contributed by atoms with Crippen LogP contribution in [0.2, 0.25) is 5.02 Å². The molecule has 2 heterocycles. The molecule has 0 bridgehead atoms. The Bertz CT molecular complexity index is 825. The number of nitrogens with one attached hydrogen (secondary N) is 1. The van der Waals surface area contributed by atoms with Gasteiger partial charge in [-0.05, 0) is 23.8 Å². The number of carbonyl (C=O) groups is 1. The van der Waals surface area contributed by atoms with Crippen LogP contribution in [-0.4, -0.2) is 20.7 Å². The van der Waals surface area contributed by atoms with Crippen LogP contribution in [0.4, 0.5) is 0 Å². The van der Waals surface area contributed by atoms with Crippen LogP contribution in [0.25, 0.3) is 11.6 Å². The first-order valence-electron chi connectivity index (χ1n) is 7.09. The molecule has 0 fully saturated rings. The van der Waals surface area contributed by atoms with Crippen molar-refractivity contribution in [3.8, 4) is 11.6 Å². The molecule has 0 aliphatic heterocycles. The average Bonchev–Trinajstić information content (AvgIpc) is 3.15. The van der Waals surface area contributed by atoms with Crippen LogP contribution in [0.1, 0.15) is 11.5 Å². The second-order valence-corrected chi connectivity index (χ2v) is 5.42. The van der Waals surface area contributed by atoms with Crippen molar-refractivity contribution in [2.45, 2.75) is 20.0 Å². The molecule has 23 heavy (non-hydrogen) atoms. The zero-order valence-corrected chi connectivity index (χ0v) is 13.2. The van der Waals surface area contributed by atoms with E-state index < -0.39 is 0 Å². The lowest BCUT2D eigenvalue weighted by molar-refractivity contribution is -0.121. The Kier molecular flexibility index (Phi) is 4.43. The van der Waals surface area contributed by atoms with Gasteiger partial charge in [-0.2, -0.15) is 0 Å². The van der Waals surface area contributed by atoms with Crippen LogP contribution in [-0.2, 0) is 17.9 Å². The molecule has 0 aliphatic rings. The Morgan fingerprint density at radius 3 is 2.83 bits per heavy atom. The van der Waals surface area contributed by atoms with Gasteiger partial charge in [0, 0.05) is 24.7 Å². The molecular weight excluding hydrogens is 316 g/mol. The highest BCUT2D eigenvalue weighted by Crippen LogP contribution is 2.18. The van der Waals surface area contributed by atoms with Crippen molar-refractivity contribution in [1.82, 2.24) is 20.1 Å². The third kappa shape index (κ3) is 3.60. The first-order chi connectivity index (χ1) is 11.1. The van der Waals surface area contributed by atoms with Crippen molar-refractivity contribution in [2.24, 2.45) is 0 Å². The molecule has 7 heteroatoms. The van der Waals surface area contributed by atoms with E-state index in [1.807, 2.05) is 30.3 Å². The van der Waals surface area contributed by atoms with Crippen molar-refractivity contribution in [1.29, 1.82) is 0 Å². The maximum atomic E-state index is 12.1. The van der Waals surface area contributed by atoms with Crippen molar-refractivity contribution < 1.29 is 9.21 Å². The van der Waals surface area contributed by atoms with E-state index >= 15 is 0 Å². The summed E-state index contributed by atoms with van der Waals surface area (Å²) in [6, 6.07) is 11.1. The van der Waals surface area contributed by atoms with Gasteiger partial charge >= 0.3 is 0 Å². The Morgan fingerprint density at radius 1 is 1.26 bits per heavy atom.